The molecule has 1 N–H and O–H groups in total. The summed E-state index contributed by atoms with van der Waals surface area (Å²) in [7, 11) is 0. The molecule has 0 aliphatic carbocycles. The van der Waals surface area contributed by atoms with Gasteiger partial charge in [0, 0.05) is 11.5 Å². The largest absolute Gasteiger partial charge is 0.508 e. The highest BCUT2D eigenvalue weighted by Gasteiger charge is 2.19. The minimum absolute atomic E-state index is 0.115. The van der Waals surface area contributed by atoms with Crippen LogP contribution in [-0.4, -0.2) is 5.11 Å². The zero-order valence-corrected chi connectivity index (χ0v) is 12.8. The van der Waals surface area contributed by atoms with Crippen LogP contribution in [0.15, 0.2) is 73.3 Å². The average molecular weight is 288 g/mol. The maximum Gasteiger partial charge on any atom is 0.120 e. The molecule has 3 aromatic rings. The lowest BCUT2D eigenvalue weighted by Crippen LogP contribution is -2.02. The second-order valence-electron chi connectivity index (χ2n) is 5.71. The minimum atomic E-state index is 0.115. The van der Waals surface area contributed by atoms with E-state index in [-0.39, 0.29) is 5.92 Å². The van der Waals surface area contributed by atoms with E-state index in [1.807, 2.05) is 24.3 Å². The van der Waals surface area contributed by atoms with E-state index in [1.54, 1.807) is 6.07 Å². The Hall–Kier alpha value is -2.54. The molecule has 0 aromatic heterocycles. The normalized spacial score (nSPS) is 12.2. The summed E-state index contributed by atoms with van der Waals surface area (Å²) in [6.45, 7) is 5.98. The van der Waals surface area contributed by atoms with Crippen LogP contribution >= 0.6 is 0 Å². The summed E-state index contributed by atoms with van der Waals surface area (Å²) in [5.41, 5.74) is 3.43. The Morgan fingerprint density at radius 3 is 2.45 bits per heavy atom. The molecule has 0 radical (unpaired) electrons. The molecule has 0 saturated heterocycles. The topological polar surface area (TPSA) is 20.2 Å². The average Bonchev–Trinajstić information content (AvgIpc) is 2.54. The van der Waals surface area contributed by atoms with Gasteiger partial charge in [0.15, 0.2) is 0 Å². The number of aromatic hydroxyl groups is 1. The Kier molecular flexibility index (Phi) is 3.97. The number of phenols is 1. The van der Waals surface area contributed by atoms with Crippen LogP contribution in [0.5, 0.6) is 5.75 Å². The zero-order valence-electron chi connectivity index (χ0n) is 12.8. The first kappa shape index (κ1) is 14.4. The van der Waals surface area contributed by atoms with Gasteiger partial charge in [-0.05, 0) is 35.7 Å². The van der Waals surface area contributed by atoms with Gasteiger partial charge in [-0.2, -0.15) is 0 Å². The predicted octanol–water partition coefficient (Wildman–Crippen LogP) is 5.56. The maximum absolute atomic E-state index is 10.5. The van der Waals surface area contributed by atoms with Gasteiger partial charge >= 0.3 is 0 Å². The molecule has 1 atom stereocenters. The smallest absolute Gasteiger partial charge is 0.120 e. The fraction of sp³-hybridized carbons (Fsp3) is 0.143. The molecule has 0 saturated carbocycles. The molecule has 0 spiro atoms. The van der Waals surface area contributed by atoms with Crippen molar-refractivity contribution >= 4 is 10.8 Å². The van der Waals surface area contributed by atoms with Gasteiger partial charge in [0.25, 0.3) is 0 Å². The SMILES string of the molecule is C=CCC(c1ccc(C)cc1)c1c(O)ccc2ccccc12. The minimum Gasteiger partial charge on any atom is -0.508 e. The van der Waals surface area contributed by atoms with Gasteiger partial charge in [-0.3, -0.25) is 0 Å². The van der Waals surface area contributed by atoms with Crippen molar-refractivity contribution in [2.45, 2.75) is 19.3 Å². The van der Waals surface area contributed by atoms with E-state index < -0.39 is 0 Å². The third kappa shape index (κ3) is 2.62. The molecule has 1 heteroatoms. The van der Waals surface area contributed by atoms with Crippen LogP contribution in [0, 0.1) is 6.92 Å². The fourth-order valence-electron chi connectivity index (χ4n) is 3.04. The second kappa shape index (κ2) is 6.07. The number of rotatable bonds is 4. The van der Waals surface area contributed by atoms with Gasteiger partial charge in [0.1, 0.15) is 5.75 Å². The molecule has 0 aliphatic rings. The number of phenolic OH excluding ortho intramolecular Hbond substituents is 1. The molecule has 0 bridgehead atoms. The molecule has 0 aliphatic heterocycles. The maximum atomic E-state index is 10.5. The molecule has 0 heterocycles. The summed E-state index contributed by atoms with van der Waals surface area (Å²) in [4.78, 5) is 0. The number of hydrogen-bond acceptors (Lipinski definition) is 1. The van der Waals surface area contributed by atoms with Crippen molar-refractivity contribution < 1.29 is 5.11 Å². The summed E-state index contributed by atoms with van der Waals surface area (Å²) >= 11 is 0. The van der Waals surface area contributed by atoms with Crippen molar-refractivity contribution in [3.05, 3.63) is 90.0 Å². The highest BCUT2D eigenvalue weighted by atomic mass is 16.3. The van der Waals surface area contributed by atoms with Gasteiger partial charge in [-0.15, -0.1) is 6.58 Å². The lowest BCUT2D eigenvalue weighted by Gasteiger charge is -2.20. The molecule has 1 nitrogen and oxygen atoms in total. The summed E-state index contributed by atoms with van der Waals surface area (Å²) < 4.78 is 0. The van der Waals surface area contributed by atoms with Crippen LogP contribution < -0.4 is 0 Å². The third-order valence-corrected chi connectivity index (χ3v) is 4.18. The molecule has 1 unspecified atom stereocenters. The van der Waals surface area contributed by atoms with E-state index in [9.17, 15) is 5.11 Å². The molecular weight excluding hydrogens is 268 g/mol. The number of fused-ring (bicyclic) bond motifs is 1. The first-order chi connectivity index (χ1) is 10.7. The Labute approximate surface area is 131 Å². The molecule has 3 aromatic carbocycles. The van der Waals surface area contributed by atoms with E-state index in [0.29, 0.717) is 5.75 Å². The van der Waals surface area contributed by atoms with Crippen LogP contribution in [0.25, 0.3) is 10.8 Å². The van der Waals surface area contributed by atoms with Crippen LogP contribution in [-0.2, 0) is 0 Å². The number of benzene rings is 3. The number of allylic oxidation sites excluding steroid dienone is 1. The Bertz CT molecular complexity index is 800. The quantitative estimate of drug-likeness (QED) is 0.623. The van der Waals surface area contributed by atoms with Crippen LogP contribution in [0.1, 0.15) is 29.0 Å². The predicted molar refractivity (Wildman–Crippen MR) is 93.4 cm³/mol. The van der Waals surface area contributed by atoms with Gasteiger partial charge in [0.2, 0.25) is 0 Å². The number of hydrogen-bond donors (Lipinski definition) is 1. The molecule has 110 valence electrons. The molecule has 3 rings (SSSR count). The van der Waals surface area contributed by atoms with Crippen molar-refractivity contribution in [2.75, 3.05) is 0 Å². The lowest BCUT2D eigenvalue weighted by molar-refractivity contribution is 0.466. The summed E-state index contributed by atoms with van der Waals surface area (Å²) in [5.74, 6) is 0.468. The van der Waals surface area contributed by atoms with E-state index in [1.165, 1.54) is 11.1 Å². The van der Waals surface area contributed by atoms with Crippen LogP contribution in [0.3, 0.4) is 0 Å². The van der Waals surface area contributed by atoms with Gasteiger partial charge in [-0.1, -0.05) is 66.2 Å². The van der Waals surface area contributed by atoms with Gasteiger partial charge in [-0.25, -0.2) is 0 Å². The van der Waals surface area contributed by atoms with E-state index >= 15 is 0 Å². The Morgan fingerprint density at radius 1 is 1.00 bits per heavy atom. The van der Waals surface area contributed by atoms with Crippen molar-refractivity contribution in [3.8, 4) is 5.75 Å². The van der Waals surface area contributed by atoms with Crippen LogP contribution in [0.2, 0.25) is 0 Å². The van der Waals surface area contributed by atoms with E-state index in [0.717, 1.165) is 22.8 Å². The van der Waals surface area contributed by atoms with Gasteiger partial charge < -0.3 is 5.11 Å². The molecule has 0 fully saturated rings. The summed E-state index contributed by atoms with van der Waals surface area (Å²) in [6.07, 6.45) is 2.72. The van der Waals surface area contributed by atoms with Crippen molar-refractivity contribution in [2.24, 2.45) is 0 Å². The summed E-state index contributed by atoms with van der Waals surface area (Å²) in [6, 6.07) is 20.5. The van der Waals surface area contributed by atoms with Crippen molar-refractivity contribution in [3.63, 3.8) is 0 Å². The van der Waals surface area contributed by atoms with Gasteiger partial charge in [0.05, 0.1) is 0 Å². The van der Waals surface area contributed by atoms with Crippen molar-refractivity contribution in [1.82, 2.24) is 0 Å². The Balaban J connectivity index is 2.22. The first-order valence-corrected chi connectivity index (χ1v) is 7.59. The Morgan fingerprint density at radius 2 is 1.73 bits per heavy atom. The molecule has 22 heavy (non-hydrogen) atoms. The molecular formula is C21H20O. The van der Waals surface area contributed by atoms with E-state index in [2.05, 4.69) is 49.9 Å². The lowest BCUT2D eigenvalue weighted by atomic mass is 9.84. The fourth-order valence-corrected chi connectivity index (χ4v) is 3.04. The molecule has 0 amide bonds. The summed E-state index contributed by atoms with van der Waals surface area (Å²) in [5, 5.41) is 12.7. The van der Waals surface area contributed by atoms with Crippen LogP contribution in [0.4, 0.5) is 0 Å². The zero-order chi connectivity index (χ0) is 15.5. The number of aryl methyl sites for hydroxylation is 1. The second-order valence-corrected chi connectivity index (χ2v) is 5.71. The standard InChI is InChI=1S/C21H20O/c1-3-6-18(17-11-9-15(2)10-12-17)21-19-8-5-4-7-16(19)13-14-20(21)22/h3-5,7-14,18,22H,1,6H2,2H3. The first-order valence-electron chi connectivity index (χ1n) is 7.59. The monoisotopic (exact) mass is 288 g/mol. The third-order valence-electron chi connectivity index (χ3n) is 4.18. The highest BCUT2D eigenvalue weighted by molar-refractivity contribution is 5.88. The van der Waals surface area contributed by atoms with E-state index in [4.69, 9.17) is 0 Å². The highest BCUT2D eigenvalue weighted by Crippen LogP contribution is 2.39. The van der Waals surface area contributed by atoms with Crippen molar-refractivity contribution in [1.29, 1.82) is 0 Å².